The zero-order chi connectivity index (χ0) is 51.9. The van der Waals surface area contributed by atoms with E-state index in [1.165, 1.54) is 66.1 Å². The molecule has 0 saturated carbocycles. The van der Waals surface area contributed by atoms with Crippen molar-refractivity contribution < 1.29 is 56.8 Å². The third kappa shape index (κ3) is 7.53. The molecule has 0 saturated heterocycles. The summed E-state index contributed by atoms with van der Waals surface area (Å²) in [4.78, 5) is 0. The largest absolute Gasteiger partial charge is 0.496 e. The van der Waals surface area contributed by atoms with Crippen LogP contribution in [-0.4, -0.2) is 56.9 Å². The Morgan fingerprint density at radius 2 is 0.329 bits per heavy atom. The summed E-state index contributed by atoms with van der Waals surface area (Å²) in [5, 5.41) is 8.54. The molecule has 0 amide bonds. The lowest BCUT2D eigenvalue weighted by Crippen LogP contribution is -2.06. The maximum Gasteiger partial charge on any atom is 0.135 e. The van der Waals surface area contributed by atoms with Crippen molar-refractivity contribution in [3.8, 4) is 46.0 Å². The van der Waals surface area contributed by atoms with Gasteiger partial charge in [-0.3, -0.25) is 0 Å². The van der Waals surface area contributed by atoms with E-state index in [1.54, 1.807) is 56.9 Å². The number of methoxy groups -OCH3 is 8. The van der Waals surface area contributed by atoms with Gasteiger partial charge in [-0.15, -0.1) is 0 Å². The quantitative estimate of drug-likeness (QED) is 0.144. The van der Waals surface area contributed by atoms with E-state index < -0.39 is 0 Å². The van der Waals surface area contributed by atoms with Crippen molar-refractivity contribution in [2.24, 2.45) is 0 Å². The van der Waals surface area contributed by atoms with E-state index in [4.69, 9.17) is 56.8 Å². The zero-order valence-corrected chi connectivity index (χ0v) is 44.8. The number of rotatable bonds is 8. The summed E-state index contributed by atoms with van der Waals surface area (Å²) in [5.41, 5.74) is 17.7. The maximum absolute atomic E-state index is 6.73. The van der Waals surface area contributed by atoms with Gasteiger partial charge in [-0.25, -0.2) is 0 Å². The van der Waals surface area contributed by atoms with Crippen LogP contribution in [0.5, 0.6) is 46.0 Å². The van der Waals surface area contributed by atoms with Crippen molar-refractivity contribution in [3.05, 3.63) is 138 Å². The van der Waals surface area contributed by atoms with E-state index in [-0.39, 0.29) is 0 Å². The fourth-order valence-electron chi connectivity index (χ4n) is 14.0. The average Bonchev–Trinajstić information content (AvgIpc) is 4.30. The lowest BCUT2D eigenvalue weighted by atomic mass is 9.96. The topological polar surface area (TPSA) is 111 Å². The molecule has 13 rings (SSSR count). The molecule has 12 nitrogen and oxygen atoms in total. The molecule has 76 heavy (non-hydrogen) atoms. The first kappa shape index (κ1) is 48.7. The molecular formula is C64H64O12. The minimum Gasteiger partial charge on any atom is -0.496 e. The molecule has 1 heterocycles. The highest BCUT2D eigenvalue weighted by molar-refractivity contribution is 6.04. The van der Waals surface area contributed by atoms with Crippen molar-refractivity contribution in [1.82, 2.24) is 0 Å². The van der Waals surface area contributed by atoms with Crippen molar-refractivity contribution in [1.29, 1.82) is 0 Å². The second-order valence-electron chi connectivity index (χ2n) is 20.8. The third-order valence-electron chi connectivity index (χ3n) is 16.9. The second-order valence-corrected chi connectivity index (χ2v) is 20.8. The van der Waals surface area contributed by atoms with Crippen LogP contribution in [-0.2, 0) is 123 Å². The van der Waals surface area contributed by atoms with Crippen LogP contribution < -0.4 is 37.9 Å². The molecular weight excluding hydrogens is 961 g/mol. The van der Waals surface area contributed by atoms with Gasteiger partial charge < -0.3 is 56.8 Å². The number of aryl methyl sites for hydroxylation is 8. The highest BCUT2D eigenvalue weighted by Gasteiger charge is 2.31. The van der Waals surface area contributed by atoms with Gasteiger partial charge in [-0.2, -0.15) is 0 Å². The monoisotopic (exact) mass is 1020 g/mol. The third-order valence-corrected chi connectivity index (χ3v) is 16.9. The van der Waals surface area contributed by atoms with E-state index in [1.807, 2.05) is 0 Å². The van der Waals surface area contributed by atoms with Crippen molar-refractivity contribution in [2.75, 3.05) is 56.9 Å². The van der Waals surface area contributed by atoms with Crippen molar-refractivity contribution in [3.63, 3.8) is 0 Å². The zero-order valence-electron chi connectivity index (χ0n) is 44.8. The predicted octanol–water partition coefficient (Wildman–Crippen LogP) is 11.9. The second kappa shape index (κ2) is 19.6. The molecule has 0 N–H and O–H groups in total. The van der Waals surface area contributed by atoms with Gasteiger partial charge in [0.15, 0.2) is 0 Å². The Hall–Kier alpha value is -6.96. The van der Waals surface area contributed by atoms with Crippen LogP contribution in [0.1, 0.15) is 89.0 Å². The van der Waals surface area contributed by atoms with Gasteiger partial charge in [-0.1, -0.05) is 0 Å². The molecule has 0 aromatic heterocycles. The van der Waals surface area contributed by atoms with Crippen LogP contribution in [0.4, 0.5) is 0 Å². The Bertz CT molecular complexity index is 3020. The van der Waals surface area contributed by atoms with Crippen LogP contribution in [0.3, 0.4) is 0 Å². The van der Waals surface area contributed by atoms with Gasteiger partial charge in [0, 0.05) is 44.5 Å². The molecule has 8 aromatic carbocycles. The Balaban J connectivity index is 0.937. The predicted molar refractivity (Wildman–Crippen MR) is 292 cm³/mol. The minimum absolute atomic E-state index is 0.315. The summed E-state index contributed by atoms with van der Waals surface area (Å²) in [6.45, 7) is 2.52. The molecule has 0 unspecified atom stereocenters. The molecule has 0 spiro atoms. The summed E-state index contributed by atoms with van der Waals surface area (Å²) < 4.78 is 77.5. The normalized spacial score (nSPS) is 15.9. The molecule has 0 atom stereocenters. The van der Waals surface area contributed by atoms with E-state index in [9.17, 15) is 0 Å². The van der Waals surface area contributed by atoms with Gasteiger partial charge >= 0.3 is 0 Å². The molecule has 12 bridgehead atoms. The molecule has 0 radical (unpaired) electrons. The first-order chi connectivity index (χ1) is 37.3. The van der Waals surface area contributed by atoms with E-state index >= 15 is 0 Å². The highest BCUT2D eigenvalue weighted by atomic mass is 16.5. The summed E-state index contributed by atoms with van der Waals surface area (Å²) in [5.74, 6) is 5.94. The Kier molecular flexibility index (Phi) is 12.5. The number of ether oxygens (including phenoxy) is 12. The first-order valence-corrected chi connectivity index (χ1v) is 26.5. The summed E-state index contributed by atoms with van der Waals surface area (Å²) >= 11 is 0. The van der Waals surface area contributed by atoms with Crippen LogP contribution in [0.25, 0.3) is 43.1 Å². The van der Waals surface area contributed by atoms with Gasteiger partial charge in [0.05, 0.1) is 131 Å². The Morgan fingerprint density at radius 1 is 0.197 bits per heavy atom. The van der Waals surface area contributed by atoms with Gasteiger partial charge in [0.1, 0.15) is 46.0 Å². The van der Waals surface area contributed by atoms with Crippen molar-refractivity contribution >= 4 is 43.1 Å². The van der Waals surface area contributed by atoms with Crippen LogP contribution in [0.15, 0.2) is 48.5 Å². The Labute approximate surface area is 442 Å². The summed E-state index contributed by atoms with van der Waals surface area (Å²) in [6, 6.07) is 18.0. The van der Waals surface area contributed by atoms with E-state index in [0.717, 1.165) is 163 Å². The first-order valence-electron chi connectivity index (χ1n) is 26.5. The fraction of sp³-hybridized carbons (Fsp3) is 0.375. The molecule has 12 heteroatoms. The summed E-state index contributed by atoms with van der Waals surface area (Å²) in [7, 11) is 13.8. The Morgan fingerprint density at radius 3 is 0.447 bits per heavy atom. The molecule has 4 aliphatic carbocycles. The molecule has 1 aliphatic heterocycles. The fourth-order valence-corrected chi connectivity index (χ4v) is 14.0. The molecule has 5 aliphatic rings. The smallest absolute Gasteiger partial charge is 0.135 e. The minimum atomic E-state index is 0.315. The summed E-state index contributed by atoms with van der Waals surface area (Å²) in [6.07, 6.45) is 7.27. The molecule has 8 aromatic rings. The highest BCUT2D eigenvalue weighted by Crippen LogP contribution is 2.51. The van der Waals surface area contributed by atoms with Gasteiger partial charge in [0.25, 0.3) is 0 Å². The lowest BCUT2D eigenvalue weighted by Gasteiger charge is -2.21. The number of fused-ring (bicyclic) bond motifs is 8. The van der Waals surface area contributed by atoms with Crippen LogP contribution >= 0.6 is 0 Å². The average molecular weight is 1030 g/mol. The molecule has 392 valence electrons. The van der Waals surface area contributed by atoms with Crippen molar-refractivity contribution in [2.45, 2.75) is 104 Å². The number of benzene rings is 8. The van der Waals surface area contributed by atoms with Crippen LogP contribution in [0, 0.1) is 0 Å². The standard InChI is InChI=1S/C64H64O12/c1-65-57-41-17-33-9-10-34-18-42(58(66-2)53(57)49(33)34)26-74-28-44-20-36-13-14-38-22-46(62(70-6)55(51(36)38)60(44)68-4)30-76-32-48-24-40-16-15-39-23-47(63(71-7)56(52(39)40)64(48)72-8)31-75-29-45-21-37-12-11-35-19-43(27-73-25-41)59(67-3)54(50(35)37)61(45)69-5/h17-24H,9-16,25-32H2,1-8H3. The number of hydrogen-bond acceptors (Lipinski definition) is 12. The van der Waals surface area contributed by atoms with E-state index in [0.29, 0.717) is 52.9 Å². The lowest BCUT2D eigenvalue weighted by molar-refractivity contribution is 0.103. The molecule has 0 fully saturated rings. The van der Waals surface area contributed by atoms with Crippen LogP contribution in [0.2, 0.25) is 0 Å². The van der Waals surface area contributed by atoms with Gasteiger partial charge in [0.2, 0.25) is 0 Å². The maximum atomic E-state index is 6.73. The SMILES string of the molecule is COc1c2cc3c4c(cc(c(OC)c14)COCc1cc4c5c(cc(c(OC)c5c1OC)COCc1cc5c6c(cc(c(OC)c6c1OC)COCc1cc6c7c(cc(c(OC)c7c1OC)COC2)CC6)CC5)CC4)CC3. The number of hydrogen-bond donors (Lipinski definition) is 0. The van der Waals surface area contributed by atoms with Gasteiger partial charge in [-0.05, 0) is 166 Å². The van der Waals surface area contributed by atoms with E-state index in [2.05, 4.69) is 48.5 Å².